The third-order valence-corrected chi connectivity index (χ3v) is 11.0. The number of carbonyl (C=O) groups is 2. The first kappa shape index (κ1) is 54.1. The van der Waals surface area contributed by atoms with Crippen LogP contribution in [0.15, 0.2) is 36.5 Å². The van der Waals surface area contributed by atoms with Gasteiger partial charge in [-0.3, -0.25) is 9.59 Å². The average molecular weight is 788 g/mol. The fraction of sp³-hybridized carbons (Fsp3) is 0.840. The third kappa shape index (κ3) is 38.9. The summed E-state index contributed by atoms with van der Waals surface area (Å²) in [5.74, 6) is -0.537. The van der Waals surface area contributed by atoms with Gasteiger partial charge in [-0.05, 0) is 70.6 Å². The van der Waals surface area contributed by atoms with Gasteiger partial charge >= 0.3 is 5.97 Å². The number of nitrogens with one attached hydrogen (secondary N) is 1. The molecule has 0 aromatic heterocycles. The molecule has 0 radical (unpaired) electrons. The van der Waals surface area contributed by atoms with E-state index >= 15 is 0 Å². The number of ether oxygens (including phenoxy) is 1. The van der Waals surface area contributed by atoms with Gasteiger partial charge in [0.15, 0.2) is 0 Å². The average Bonchev–Trinajstić information content (AvgIpc) is 3.19. The summed E-state index contributed by atoms with van der Waals surface area (Å²) in [5.41, 5.74) is 0. The van der Waals surface area contributed by atoms with E-state index < -0.39 is 18.2 Å². The summed E-state index contributed by atoms with van der Waals surface area (Å²) in [6.07, 6.45) is 50.7. The molecule has 6 nitrogen and oxygen atoms in total. The molecule has 3 atom stereocenters. The molecule has 0 fully saturated rings. The standard InChI is InChI=1S/C50H93NO5/c1-4-7-10-13-16-19-21-23-25-27-30-32-35-38-41-46(56-50(55)43-40-37-34-31-28-26-24-22-20-17-14-11-8-5-2)44-49(54)51-47(45-52)48(53)42-39-36-33-29-18-15-12-9-6-3/h25-28,30,32,46-48,52-53H,4-24,29,31,33-45H2,1-3H3,(H,51,54)/b27-25+,28-26-,32-30+. The van der Waals surface area contributed by atoms with Gasteiger partial charge in [-0.25, -0.2) is 0 Å². The Morgan fingerprint density at radius 3 is 1.41 bits per heavy atom. The molecule has 0 bridgehead atoms. The molecule has 56 heavy (non-hydrogen) atoms. The van der Waals surface area contributed by atoms with Gasteiger partial charge < -0.3 is 20.3 Å². The molecule has 6 heteroatoms. The lowest BCUT2D eigenvalue weighted by Gasteiger charge is -2.24. The highest BCUT2D eigenvalue weighted by atomic mass is 16.5. The second kappa shape index (κ2) is 44.2. The zero-order valence-electron chi connectivity index (χ0n) is 37.3. The summed E-state index contributed by atoms with van der Waals surface area (Å²) in [5, 5.41) is 23.6. The topological polar surface area (TPSA) is 95.9 Å². The van der Waals surface area contributed by atoms with Crippen molar-refractivity contribution < 1.29 is 24.5 Å². The molecule has 0 aromatic rings. The molecule has 3 N–H and O–H groups in total. The molecule has 0 spiro atoms. The number of aliphatic hydroxyl groups excluding tert-OH is 2. The second-order valence-electron chi connectivity index (χ2n) is 16.5. The van der Waals surface area contributed by atoms with Crippen molar-refractivity contribution in [3.05, 3.63) is 36.5 Å². The minimum Gasteiger partial charge on any atom is -0.462 e. The van der Waals surface area contributed by atoms with Crippen molar-refractivity contribution in [3.8, 4) is 0 Å². The summed E-state index contributed by atoms with van der Waals surface area (Å²) in [4.78, 5) is 26.0. The van der Waals surface area contributed by atoms with E-state index in [0.29, 0.717) is 19.3 Å². The van der Waals surface area contributed by atoms with E-state index in [1.165, 1.54) is 128 Å². The van der Waals surface area contributed by atoms with Gasteiger partial charge in [-0.1, -0.05) is 198 Å². The zero-order chi connectivity index (χ0) is 41.0. The molecule has 0 aromatic carbocycles. The minimum absolute atomic E-state index is 0.0403. The first-order valence-corrected chi connectivity index (χ1v) is 24.2. The van der Waals surface area contributed by atoms with Crippen LogP contribution in [0.4, 0.5) is 0 Å². The lowest BCUT2D eigenvalue weighted by molar-refractivity contribution is -0.151. The molecule has 0 aliphatic heterocycles. The Morgan fingerprint density at radius 2 is 0.929 bits per heavy atom. The Kier molecular flexibility index (Phi) is 42.7. The highest BCUT2D eigenvalue weighted by Gasteiger charge is 2.24. The number of hydrogen-bond acceptors (Lipinski definition) is 5. The fourth-order valence-corrected chi connectivity index (χ4v) is 7.24. The Bertz CT molecular complexity index is 930. The van der Waals surface area contributed by atoms with Crippen LogP contribution in [0.5, 0.6) is 0 Å². The van der Waals surface area contributed by atoms with Crippen LogP contribution in [-0.2, 0) is 14.3 Å². The van der Waals surface area contributed by atoms with Gasteiger partial charge in [0, 0.05) is 6.42 Å². The van der Waals surface area contributed by atoms with E-state index in [-0.39, 0.29) is 24.9 Å². The molecule has 0 saturated carbocycles. The van der Waals surface area contributed by atoms with E-state index in [1.54, 1.807) is 0 Å². The van der Waals surface area contributed by atoms with Crippen molar-refractivity contribution in [2.75, 3.05) is 6.61 Å². The molecule has 0 aliphatic rings. The first-order valence-electron chi connectivity index (χ1n) is 24.2. The van der Waals surface area contributed by atoms with Crippen LogP contribution >= 0.6 is 0 Å². The Balaban J connectivity index is 4.68. The van der Waals surface area contributed by atoms with Crippen LogP contribution in [0.1, 0.15) is 245 Å². The van der Waals surface area contributed by atoms with Crippen molar-refractivity contribution in [1.82, 2.24) is 5.32 Å². The Labute approximate surface area is 347 Å². The molecular formula is C50H93NO5. The van der Waals surface area contributed by atoms with Crippen LogP contribution < -0.4 is 5.32 Å². The van der Waals surface area contributed by atoms with E-state index in [0.717, 1.165) is 70.6 Å². The summed E-state index contributed by atoms with van der Waals surface area (Å²) < 4.78 is 5.88. The predicted molar refractivity (Wildman–Crippen MR) is 241 cm³/mol. The second-order valence-corrected chi connectivity index (χ2v) is 16.5. The maximum Gasteiger partial charge on any atom is 0.306 e. The fourth-order valence-electron chi connectivity index (χ4n) is 7.24. The van der Waals surface area contributed by atoms with E-state index in [4.69, 9.17) is 4.74 Å². The maximum absolute atomic E-state index is 13.1. The minimum atomic E-state index is -0.798. The Morgan fingerprint density at radius 1 is 0.518 bits per heavy atom. The van der Waals surface area contributed by atoms with Gasteiger partial charge in [0.2, 0.25) is 5.91 Å². The molecule has 1 amide bonds. The largest absolute Gasteiger partial charge is 0.462 e. The highest BCUT2D eigenvalue weighted by Crippen LogP contribution is 2.16. The third-order valence-electron chi connectivity index (χ3n) is 11.0. The van der Waals surface area contributed by atoms with Gasteiger partial charge in [0.05, 0.1) is 25.2 Å². The van der Waals surface area contributed by atoms with Crippen LogP contribution in [-0.4, -0.2) is 46.9 Å². The lowest BCUT2D eigenvalue weighted by atomic mass is 10.0. The van der Waals surface area contributed by atoms with Gasteiger partial charge in [-0.15, -0.1) is 0 Å². The summed E-state index contributed by atoms with van der Waals surface area (Å²) in [7, 11) is 0. The smallest absolute Gasteiger partial charge is 0.306 e. The number of carbonyl (C=O) groups excluding carboxylic acids is 2. The lowest BCUT2D eigenvalue weighted by Crippen LogP contribution is -2.46. The molecule has 0 heterocycles. The number of esters is 1. The predicted octanol–water partition coefficient (Wildman–Crippen LogP) is 14.1. The zero-order valence-corrected chi connectivity index (χ0v) is 37.3. The van der Waals surface area contributed by atoms with E-state index in [9.17, 15) is 19.8 Å². The SMILES string of the molecule is CCCCCCCCC/C=C\CCCCCC(=O)OC(CCC/C=C/C=C/CCCCCCCCC)CC(=O)NC(CO)C(O)CCCCCCCCCCC. The molecular weight excluding hydrogens is 695 g/mol. The normalized spacial score (nSPS) is 13.6. The molecule has 0 saturated heterocycles. The molecule has 328 valence electrons. The summed E-state index contributed by atoms with van der Waals surface area (Å²) in [6.45, 7) is 6.43. The van der Waals surface area contributed by atoms with E-state index in [1.807, 2.05) is 0 Å². The number of hydrogen-bond donors (Lipinski definition) is 3. The van der Waals surface area contributed by atoms with Gasteiger partial charge in [0.1, 0.15) is 6.10 Å². The maximum atomic E-state index is 13.1. The number of rotatable bonds is 43. The summed E-state index contributed by atoms with van der Waals surface area (Å²) in [6, 6.07) is -0.715. The van der Waals surface area contributed by atoms with Crippen LogP contribution in [0, 0.1) is 0 Å². The quantitative estimate of drug-likeness (QED) is 0.0247. The van der Waals surface area contributed by atoms with Crippen LogP contribution in [0.3, 0.4) is 0 Å². The van der Waals surface area contributed by atoms with Crippen molar-refractivity contribution in [2.45, 2.75) is 264 Å². The van der Waals surface area contributed by atoms with Crippen molar-refractivity contribution in [2.24, 2.45) is 0 Å². The highest BCUT2D eigenvalue weighted by molar-refractivity contribution is 5.77. The van der Waals surface area contributed by atoms with Crippen molar-refractivity contribution in [3.63, 3.8) is 0 Å². The first-order chi connectivity index (χ1) is 27.5. The number of unbranched alkanes of at least 4 members (excludes halogenated alkanes) is 26. The number of allylic oxidation sites excluding steroid dienone is 6. The van der Waals surface area contributed by atoms with Crippen LogP contribution in [0.25, 0.3) is 0 Å². The number of amides is 1. The van der Waals surface area contributed by atoms with Crippen LogP contribution in [0.2, 0.25) is 0 Å². The molecule has 0 rings (SSSR count). The molecule has 0 aliphatic carbocycles. The number of aliphatic hydroxyl groups is 2. The van der Waals surface area contributed by atoms with Crippen molar-refractivity contribution in [1.29, 1.82) is 0 Å². The van der Waals surface area contributed by atoms with Crippen molar-refractivity contribution >= 4 is 11.9 Å². The van der Waals surface area contributed by atoms with E-state index in [2.05, 4.69) is 62.5 Å². The molecule has 3 unspecified atom stereocenters. The van der Waals surface area contributed by atoms with Gasteiger partial charge in [0.25, 0.3) is 0 Å². The monoisotopic (exact) mass is 788 g/mol. The summed E-state index contributed by atoms with van der Waals surface area (Å²) >= 11 is 0. The van der Waals surface area contributed by atoms with Gasteiger partial charge in [-0.2, -0.15) is 0 Å². The Hall–Kier alpha value is -1.92.